The minimum absolute atomic E-state index is 0.124. The van der Waals surface area contributed by atoms with Gasteiger partial charge in [0.15, 0.2) is 0 Å². The van der Waals surface area contributed by atoms with Gasteiger partial charge in [-0.05, 0) is 64.0 Å². The normalized spacial score (nSPS) is 13.8. The molecule has 0 atom stereocenters. The number of nitrogens with one attached hydrogen (secondary N) is 2. The van der Waals surface area contributed by atoms with Crippen LogP contribution in [-0.2, 0) is 0 Å². The van der Waals surface area contributed by atoms with Gasteiger partial charge in [-0.2, -0.15) is 0 Å². The fourth-order valence-corrected chi connectivity index (χ4v) is 3.57. The molecule has 1 aromatic heterocycles. The van der Waals surface area contributed by atoms with Crippen LogP contribution >= 0.6 is 0 Å². The molecule has 0 bridgehead atoms. The number of rotatable bonds is 6. The van der Waals surface area contributed by atoms with E-state index in [9.17, 15) is 4.79 Å². The SMILES string of the molecule is Cc1cc(C)c(Nc2ncc(C(=O)NCCC3=CCCCC3)cn2)c(C)c1. The highest BCUT2D eigenvalue weighted by atomic mass is 16.1. The molecule has 0 saturated carbocycles. The van der Waals surface area contributed by atoms with E-state index in [1.807, 2.05) is 0 Å². The highest BCUT2D eigenvalue weighted by molar-refractivity contribution is 5.93. The third-order valence-electron chi connectivity index (χ3n) is 4.94. The minimum atomic E-state index is -0.124. The summed E-state index contributed by atoms with van der Waals surface area (Å²) in [7, 11) is 0. The largest absolute Gasteiger partial charge is 0.352 e. The van der Waals surface area contributed by atoms with E-state index in [0.29, 0.717) is 18.1 Å². The maximum atomic E-state index is 12.3. The number of amides is 1. The van der Waals surface area contributed by atoms with Crippen LogP contribution < -0.4 is 10.6 Å². The van der Waals surface area contributed by atoms with Crippen LogP contribution in [0.15, 0.2) is 36.2 Å². The van der Waals surface area contributed by atoms with Crippen LogP contribution in [0.2, 0.25) is 0 Å². The van der Waals surface area contributed by atoms with Gasteiger partial charge in [-0.25, -0.2) is 9.97 Å². The van der Waals surface area contributed by atoms with Crippen LogP contribution in [0, 0.1) is 20.8 Å². The summed E-state index contributed by atoms with van der Waals surface area (Å²) in [5, 5.41) is 6.22. The predicted molar refractivity (Wildman–Crippen MR) is 109 cm³/mol. The van der Waals surface area contributed by atoms with E-state index < -0.39 is 0 Å². The first-order valence-electron chi connectivity index (χ1n) is 9.66. The molecular formula is C22H28N4O. The predicted octanol–water partition coefficient (Wildman–Crippen LogP) is 4.77. The lowest BCUT2D eigenvalue weighted by molar-refractivity contribution is 0.0953. The van der Waals surface area contributed by atoms with Gasteiger partial charge in [0.25, 0.3) is 5.91 Å². The summed E-state index contributed by atoms with van der Waals surface area (Å²) in [6.45, 7) is 6.86. The Morgan fingerprint density at radius 2 is 1.78 bits per heavy atom. The number of nitrogens with zero attached hydrogens (tertiary/aromatic N) is 2. The van der Waals surface area contributed by atoms with Crippen LogP contribution in [-0.4, -0.2) is 22.4 Å². The molecule has 1 aromatic carbocycles. The van der Waals surface area contributed by atoms with Crippen LogP contribution in [0.4, 0.5) is 11.6 Å². The molecule has 0 unspecified atom stereocenters. The zero-order chi connectivity index (χ0) is 19.2. The van der Waals surface area contributed by atoms with Crippen LogP contribution in [0.5, 0.6) is 0 Å². The quantitative estimate of drug-likeness (QED) is 0.725. The maximum absolute atomic E-state index is 12.3. The van der Waals surface area contributed by atoms with E-state index in [1.165, 1.54) is 30.4 Å². The molecule has 142 valence electrons. The van der Waals surface area contributed by atoms with Crippen molar-refractivity contribution in [2.45, 2.75) is 52.9 Å². The summed E-state index contributed by atoms with van der Waals surface area (Å²) in [5.74, 6) is 0.370. The fraction of sp³-hybridized carbons (Fsp3) is 0.409. The Kier molecular flexibility index (Phi) is 6.22. The molecule has 0 radical (unpaired) electrons. The topological polar surface area (TPSA) is 66.9 Å². The van der Waals surface area contributed by atoms with Crippen molar-refractivity contribution in [2.75, 3.05) is 11.9 Å². The first-order valence-corrected chi connectivity index (χ1v) is 9.66. The maximum Gasteiger partial charge on any atom is 0.254 e. The minimum Gasteiger partial charge on any atom is -0.352 e. The lowest BCUT2D eigenvalue weighted by Gasteiger charge is -2.13. The number of hydrogen-bond donors (Lipinski definition) is 2. The number of benzene rings is 1. The van der Waals surface area contributed by atoms with Crippen molar-refractivity contribution >= 4 is 17.5 Å². The number of carbonyl (C=O) groups excluding carboxylic acids is 1. The van der Waals surface area contributed by atoms with E-state index in [4.69, 9.17) is 0 Å². The summed E-state index contributed by atoms with van der Waals surface area (Å²) in [4.78, 5) is 20.9. The monoisotopic (exact) mass is 364 g/mol. The van der Waals surface area contributed by atoms with Gasteiger partial charge in [0, 0.05) is 24.6 Å². The zero-order valence-corrected chi connectivity index (χ0v) is 16.4. The lowest BCUT2D eigenvalue weighted by atomic mass is 9.97. The summed E-state index contributed by atoms with van der Waals surface area (Å²) >= 11 is 0. The second-order valence-corrected chi connectivity index (χ2v) is 7.31. The van der Waals surface area contributed by atoms with E-state index >= 15 is 0 Å². The first-order chi connectivity index (χ1) is 13.0. The highest BCUT2D eigenvalue weighted by Crippen LogP contribution is 2.24. The van der Waals surface area contributed by atoms with Gasteiger partial charge in [-0.15, -0.1) is 0 Å². The van der Waals surface area contributed by atoms with Gasteiger partial charge in [0.1, 0.15) is 0 Å². The van der Waals surface area contributed by atoms with Crippen molar-refractivity contribution in [1.82, 2.24) is 15.3 Å². The van der Waals surface area contributed by atoms with Gasteiger partial charge in [0.05, 0.1) is 5.56 Å². The highest BCUT2D eigenvalue weighted by Gasteiger charge is 2.10. The molecule has 5 heteroatoms. The van der Waals surface area contributed by atoms with E-state index in [-0.39, 0.29) is 5.91 Å². The Morgan fingerprint density at radius 3 is 2.41 bits per heavy atom. The first kappa shape index (κ1) is 19.1. The van der Waals surface area contributed by atoms with Crippen molar-refractivity contribution in [1.29, 1.82) is 0 Å². The van der Waals surface area contributed by atoms with Crippen molar-refractivity contribution in [2.24, 2.45) is 0 Å². The number of aromatic nitrogens is 2. The van der Waals surface area contributed by atoms with E-state index in [0.717, 1.165) is 29.7 Å². The van der Waals surface area contributed by atoms with Gasteiger partial charge in [0.2, 0.25) is 5.95 Å². The Hall–Kier alpha value is -2.69. The molecule has 0 spiro atoms. The zero-order valence-electron chi connectivity index (χ0n) is 16.4. The van der Waals surface area contributed by atoms with Gasteiger partial charge in [-0.3, -0.25) is 4.79 Å². The molecule has 5 nitrogen and oxygen atoms in total. The van der Waals surface area contributed by atoms with Crippen LogP contribution in [0.3, 0.4) is 0 Å². The molecule has 1 amide bonds. The Bertz CT molecular complexity index is 817. The van der Waals surface area contributed by atoms with Crippen molar-refractivity contribution in [3.63, 3.8) is 0 Å². The molecule has 0 fully saturated rings. The number of aryl methyl sites for hydroxylation is 3. The van der Waals surface area contributed by atoms with Crippen molar-refractivity contribution in [3.05, 3.63) is 58.4 Å². The number of anilines is 2. The Balaban J connectivity index is 1.56. The summed E-state index contributed by atoms with van der Waals surface area (Å²) < 4.78 is 0. The summed E-state index contributed by atoms with van der Waals surface area (Å²) in [5.41, 5.74) is 6.48. The molecule has 0 saturated heterocycles. The van der Waals surface area contributed by atoms with Gasteiger partial charge >= 0.3 is 0 Å². The van der Waals surface area contributed by atoms with Crippen molar-refractivity contribution in [3.8, 4) is 0 Å². The molecule has 2 aromatic rings. The Labute approximate surface area is 161 Å². The standard InChI is InChI=1S/C22H28N4O/c1-15-11-16(2)20(17(3)12-15)26-22-24-13-19(14-25-22)21(27)23-10-9-18-7-5-4-6-8-18/h7,11-14H,4-6,8-10H2,1-3H3,(H,23,27)(H,24,25,26). The molecule has 1 heterocycles. The van der Waals surface area contributed by atoms with Gasteiger partial charge < -0.3 is 10.6 Å². The molecule has 2 N–H and O–H groups in total. The smallest absolute Gasteiger partial charge is 0.254 e. The molecule has 1 aliphatic carbocycles. The third-order valence-corrected chi connectivity index (χ3v) is 4.94. The molecule has 0 aliphatic heterocycles. The van der Waals surface area contributed by atoms with Crippen molar-refractivity contribution < 1.29 is 4.79 Å². The van der Waals surface area contributed by atoms with E-state index in [1.54, 1.807) is 12.4 Å². The molecular weight excluding hydrogens is 336 g/mol. The number of carbonyl (C=O) groups is 1. The fourth-order valence-electron chi connectivity index (χ4n) is 3.57. The molecule has 3 rings (SSSR count). The average molecular weight is 364 g/mol. The molecule has 27 heavy (non-hydrogen) atoms. The van der Waals surface area contributed by atoms with Crippen LogP contribution in [0.25, 0.3) is 0 Å². The Morgan fingerprint density at radius 1 is 1.07 bits per heavy atom. The second-order valence-electron chi connectivity index (χ2n) is 7.31. The number of hydrogen-bond acceptors (Lipinski definition) is 4. The molecule has 1 aliphatic rings. The summed E-state index contributed by atoms with van der Waals surface area (Å²) in [6.07, 6.45) is 11.3. The van der Waals surface area contributed by atoms with E-state index in [2.05, 4.69) is 59.6 Å². The van der Waals surface area contributed by atoms with Gasteiger partial charge in [-0.1, -0.05) is 29.3 Å². The third kappa shape index (κ3) is 5.16. The summed E-state index contributed by atoms with van der Waals surface area (Å²) in [6, 6.07) is 4.25. The average Bonchev–Trinajstić information content (AvgIpc) is 2.66. The van der Waals surface area contributed by atoms with Crippen LogP contribution in [0.1, 0.15) is 59.2 Å². The second kappa shape index (κ2) is 8.80. The lowest BCUT2D eigenvalue weighted by Crippen LogP contribution is -2.25. The number of allylic oxidation sites excluding steroid dienone is 1.